The number of benzene rings is 2. The number of hydrogen-bond acceptors (Lipinski definition) is 5. The van der Waals surface area contributed by atoms with Gasteiger partial charge in [-0.15, -0.1) is 11.3 Å². The number of rotatable bonds is 3. The first-order valence-electron chi connectivity index (χ1n) is 7.68. The number of fused-ring (bicyclic) bond motifs is 1. The maximum absolute atomic E-state index is 13.0. The number of hydrogen-bond donors (Lipinski definition) is 2. The highest BCUT2D eigenvalue weighted by molar-refractivity contribution is 7.14. The molecular weight excluding hydrogens is 357 g/mol. The molecule has 0 radical (unpaired) electrons. The lowest BCUT2D eigenvalue weighted by atomic mass is 10.1. The molecule has 1 aliphatic heterocycles. The van der Waals surface area contributed by atoms with E-state index in [-0.39, 0.29) is 24.2 Å². The summed E-state index contributed by atoms with van der Waals surface area (Å²) >= 11 is 1.28. The van der Waals surface area contributed by atoms with Crippen LogP contribution in [0, 0.1) is 5.82 Å². The second-order valence-electron chi connectivity index (χ2n) is 5.55. The largest absolute Gasteiger partial charge is 0.482 e. The van der Waals surface area contributed by atoms with E-state index in [2.05, 4.69) is 15.6 Å². The van der Waals surface area contributed by atoms with Crippen LogP contribution in [-0.4, -0.2) is 23.4 Å². The fourth-order valence-corrected chi connectivity index (χ4v) is 3.18. The molecule has 1 aliphatic rings. The number of nitrogens with one attached hydrogen (secondary N) is 2. The predicted molar refractivity (Wildman–Crippen MR) is 96.0 cm³/mol. The minimum atomic E-state index is -0.340. The molecule has 4 rings (SSSR count). The van der Waals surface area contributed by atoms with Gasteiger partial charge in [0.05, 0.1) is 11.4 Å². The highest BCUT2D eigenvalue weighted by Gasteiger charge is 2.18. The van der Waals surface area contributed by atoms with Crippen molar-refractivity contribution in [3.8, 4) is 17.0 Å². The summed E-state index contributed by atoms with van der Waals surface area (Å²) in [6.07, 6.45) is 0. The van der Waals surface area contributed by atoms with Gasteiger partial charge in [0.1, 0.15) is 11.6 Å². The van der Waals surface area contributed by atoms with E-state index in [1.807, 2.05) is 0 Å². The van der Waals surface area contributed by atoms with Crippen molar-refractivity contribution in [1.29, 1.82) is 0 Å². The molecule has 2 amide bonds. The van der Waals surface area contributed by atoms with E-state index in [0.717, 1.165) is 5.56 Å². The molecule has 1 aromatic heterocycles. The standard InChI is InChI=1S/C18H12FN3O3S/c19-12-4-1-10(2-5-12)14-9-26-18(21-14)22-17(24)11-3-6-13-15(7-11)25-8-16(23)20-13/h1-7,9H,8H2,(H,20,23)(H,21,22,24). The van der Waals surface area contributed by atoms with Gasteiger partial charge < -0.3 is 10.1 Å². The molecule has 0 atom stereocenters. The molecule has 0 saturated carbocycles. The van der Waals surface area contributed by atoms with E-state index in [1.165, 1.54) is 23.5 Å². The molecule has 0 fully saturated rings. The van der Waals surface area contributed by atoms with E-state index in [9.17, 15) is 14.0 Å². The van der Waals surface area contributed by atoms with Crippen LogP contribution >= 0.6 is 11.3 Å². The maximum Gasteiger partial charge on any atom is 0.262 e. The molecule has 2 heterocycles. The van der Waals surface area contributed by atoms with Crippen LogP contribution in [0.3, 0.4) is 0 Å². The third-order valence-corrected chi connectivity index (χ3v) is 4.50. The zero-order valence-corrected chi connectivity index (χ0v) is 14.1. The first kappa shape index (κ1) is 16.2. The summed E-state index contributed by atoms with van der Waals surface area (Å²) in [7, 11) is 0. The second kappa shape index (κ2) is 6.57. The molecule has 2 N–H and O–H groups in total. The number of halogens is 1. The summed E-state index contributed by atoms with van der Waals surface area (Å²) in [5.74, 6) is -0.439. The van der Waals surface area contributed by atoms with Gasteiger partial charge in [-0.3, -0.25) is 14.9 Å². The van der Waals surface area contributed by atoms with Gasteiger partial charge in [0, 0.05) is 16.5 Å². The van der Waals surface area contributed by atoms with Crippen LogP contribution in [0.25, 0.3) is 11.3 Å². The van der Waals surface area contributed by atoms with E-state index >= 15 is 0 Å². The number of ether oxygens (including phenoxy) is 1. The summed E-state index contributed by atoms with van der Waals surface area (Å²) in [6, 6.07) is 10.8. The van der Waals surface area contributed by atoms with E-state index in [1.54, 1.807) is 35.7 Å². The molecular formula is C18H12FN3O3S. The molecule has 0 spiro atoms. The molecule has 0 saturated heterocycles. The highest BCUT2D eigenvalue weighted by Crippen LogP contribution is 2.29. The van der Waals surface area contributed by atoms with Crippen molar-refractivity contribution in [2.24, 2.45) is 0 Å². The summed E-state index contributed by atoms with van der Waals surface area (Å²) in [5.41, 5.74) is 2.34. The SMILES string of the molecule is O=C1COc2cc(C(=O)Nc3nc(-c4ccc(F)cc4)cs3)ccc2N1. The van der Waals surface area contributed by atoms with Crippen LogP contribution in [0.5, 0.6) is 5.75 Å². The number of nitrogens with zero attached hydrogens (tertiary/aromatic N) is 1. The van der Waals surface area contributed by atoms with Crippen LogP contribution in [-0.2, 0) is 4.79 Å². The van der Waals surface area contributed by atoms with Gasteiger partial charge >= 0.3 is 0 Å². The van der Waals surface area contributed by atoms with Gasteiger partial charge in [-0.1, -0.05) is 0 Å². The van der Waals surface area contributed by atoms with Crippen molar-refractivity contribution in [2.75, 3.05) is 17.2 Å². The molecule has 0 unspecified atom stereocenters. The number of carbonyl (C=O) groups is 2. The number of anilines is 2. The minimum Gasteiger partial charge on any atom is -0.482 e. The molecule has 130 valence electrons. The smallest absolute Gasteiger partial charge is 0.262 e. The van der Waals surface area contributed by atoms with Gasteiger partial charge in [0.15, 0.2) is 11.7 Å². The monoisotopic (exact) mass is 369 g/mol. The topological polar surface area (TPSA) is 80.3 Å². The minimum absolute atomic E-state index is 0.0778. The summed E-state index contributed by atoms with van der Waals surface area (Å²) in [4.78, 5) is 28.0. The average Bonchev–Trinajstić information content (AvgIpc) is 3.10. The van der Waals surface area contributed by atoms with Crippen LogP contribution in [0.2, 0.25) is 0 Å². The van der Waals surface area contributed by atoms with Crippen LogP contribution in [0.4, 0.5) is 15.2 Å². The van der Waals surface area contributed by atoms with Gasteiger partial charge in [-0.25, -0.2) is 9.37 Å². The quantitative estimate of drug-likeness (QED) is 0.740. The summed E-state index contributed by atoms with van der Waals surface area (Å²) < 4.78 is 18.3. The van der Waals surface area contributed by atoms with Crippen LogP contribution in [0.15, 0.2) is 47.8 Å². The van der Waals surface area contributed by atoms with Crippen molar-refractivity contribution in [3.63, 3.8) is 0 Å². The average molecular weight is 369 g/mol. The predicted octanol–water partition coefficient (Wildman–Crippen LogP) is 3.53. The van der Waals surface area contributed by atoms with Crippen LogP contribution in [0.1, 0.15) is 10.4 Å². The van der Waals surface area contributed by atoms with Crippen molar-refractivity contribution in [3.05, 3.63) is 59.2 Å². The Kier molecular flexibility index (Phi) is 4.10. The van der Waals surface area contributed by atoms with Gasteiger partial charge in [-0.05, 0) is 42.5 Å². The normalized spacial score (nSPS) is 12.7. The fourth-order valence-electron chi connectivity index (χ4n) is 2.47. The van der Waals surface area contributed by atoms with Crippen molar-refractivity contribution in [2.45, 2.75) is 0 Å². The van der Waals surface area contributed by atoms with Crippen molar-refractivity contribution in [1.82, 2.24) is 4.98 Å². The summed E-state index contributed by atoms with van der Waals surface area (Å²) in [6.45, 7) is -0.0778. The Morgan fingerprint density at radius 1 is 1.23 bits per heavy atom. The Labute approximate surface area is 151 Å². The lowest BCUT2D eigenvalue weighted by molar-refractivity contribution is -0.118. The number of aromatic nitrogens is 1. The Morgan fingerprint density at radius 3 is 2.85 bits per heavy atom. The van der Waals surface area contributed by atoms with Gasteiger partial charge in [-0.2, -0.15) is 0 Å². The zero-order chi connectivity index (χ0) is 18.1. The highest BCUT2D eigenvalue weighted by atomic mass is 32.1. The lowest BCUT2D eigenvalue weighted by Gasteiger charge is -2.18. The lowest BCUT2D eigenvalue weighted by Crippen LogP contribution is -2.25. The first-order chi connectivity index (χ1) is 12.6. The molecule has 2 aromatic carbocycles. The molecule has 26 heavy (non-hydrogen) atoms. The first-order valence-corrected chi connectivity index (χ1v) is 8.56. The second-order valence-corrected chi connectivity index (χ2v) is 6.40. The Bertz CT molecular complexity index is 1000. The van der Waals surface area contributed by atoms with E-state index in [4.69, 9.17) is 4.74 Å². The Hall–Kier alpha value is -3.26. The third kappa shape index (κ3) is 3.27. The number of amides is 2. The fraction of sp³-hybridized carbons (Fsp3) is 0.0556. The number of carbonyl (C=O) groups excluding carboxylic acids is 2. The summed E-state index contributed by atoms with van der Waals surface area (Å²) in [5, 5.41) is 7.61. The van der Waals surface area contributed by atoms with Gasteiger partial charge in [0.2, 0.25) is 0 Å². The molecule has 0 aliphatic carbocycles. The van der Waals surface area contributed by atoms with Crippen LogP contribution < -0.4 is 15.4 Å². The maximum atomic E-state index is 13.0. The number of thiazole rings is 1. The third-order valence-electron chi connectivity index (χ3n) is 3.74. The van der Waals surface area contributed by atoms with Crippen molar-refractivity contribution < 1.29 is 18.7 Å². The zero-order valence-electron chi connectivity index (χ0n) is 13.3. The molecule has 6 nitrogen and oxygen atoms in total. The molecule has 3 aromatic rings. The van der Waals surface area contributed by atoms with Crippen molar-refractivity contribution >= 4 is 34.0 Å². The Balaban J connectivity index is 1.50. The molecule has 8 heteroatoms. The molecule has 0 bridgehead atoms. The Morgan fingerprint density at radius 2 is 2.04 bits per heavy atom. The van der Waals surface area contributed by atoms with Gasteiger partial charge in [0.25, 0.3) is 11.8 Å². The van der Waals surface area contributed by atoms with E-state index in [0.29, 0.717) is 27.8 Å². The van der Waals surface area contributed by atoms with E-state index < -0.39 is 0 Å².